The topological polar surface area (TPSA) is 9.72 Å². The summed E-state index contributed by atoms with van der Waals surface area (Å²) in [5, 5.41) is 0. The Morgan fingerprint density at radius 1 is 0.375 bits per heavy atom. The van der Waals surface area contributed by atoms with Gasteiger partial charge >= 0.3 is 0 Å². The van der Waals surface area contributed by atoms with Crippen molar-refractivity contribution >= 4 is 0 Å². The van der Waals surface area contributed by atoms with E-state index in [0.717, 1.165) is 0 Å². The zero-order valence-corrected chi connectivity index (χ0v) is 18.5. The van der Waals surface area contributed by atoms with Gasteiger partial charge in [0, 0.05) is 18.1 Å². The number of hydrogen-bond acceptors (Lipinski definition) is 3. The van der Waals surface area contributed by atoms with Gasteiger partial charge in [0.2, 0.25) is 0 Å². The standard InChI is InChI=1S/C21H45N3/c1-13(2)19-22(16(7)8)20(14(3)4)24(18(11)12)21(15(5)6)23(19)17(9)10/h13-21H,1-12H3. The summed E-state index contributed by atoms with van der Waals surface area (Å²) >= 11 is 0. The zero-order valence-electron chi connectivity index (χ0n) is 18.5. The average molecular weight is 340 g/mol. The highest BCUT2D eigenvalue weighted by Gasteiger charge is 2.50. The Labute approximate surface area is 152 Å². The fourth-order valence-electron chi connectivity index (χ4n) is 4.83. The maximum absolute atomic E-state index is 2.80. The normalized spacial score (nSPS) is 28.5. The highest BCUT2D eigenvalue weighted by molar-refractivity contribution is 4.98. The molecule has 0 atom stereocenters. The second-order valence-corrected chi connectivity index (χ2v) is 9.60. The lowest BCUT2D eigenvalue weighted by atomic mass is 9.91. The summed E-state index contributed by atoms with van der Waals surface area (Å²) in [6.45, 7) is 28.6. The van der Waals surface area contributed by atoms with Crippen LogP contribution in [-0.2, 0) is 0 Å². The number of nitrogens with zero attached hydrogens (tertiary/aromatic N) is 3. The minimum absolute atomic E-state index is 0.500. The molecule has 1 heterocycles. The van der Waals surface area contributed by atoms with Crippen LogP contribution in [0.15, 0.2) is 0 Å². The van der Waals surface area contributed by atoms with E-state index >= 15 is 0 Å². The molecule has 3 heteroatoms. The van der Waals surface area contributed by atoms with Gasteiger partial charge in [0.15, 0.2) is 0 Å². The summed E-state index contributed by atoms with van der Waals surface area (Å²) in [7, 11) is 0. The van der Waals surface area contributed by atoms with E-state index in [4.69, 9.17) is 0 Å². The molecule has 0 N–H and O–H groups in total. The van der Waals surface area contributed by atoms with Gasteiger partial charge in [-0.1, -0.05) is 41.5 Å². The molecule has 1 rings (SSSR count). The molecular weight excluding hydrogens is 294 g/mol. The van der Waals surface area contributed by atoms with E-state index in [1.165, 1.54) is 0 Å². The van der Waals surface area contributed by atoms with E-state index in [0.29, 0.717) is 54.4 Å². The molecule has 0 aromatic rings. The molecule has 24 heavy (non-hydrogen) atoms. The predicted octanol–water partition coefficient (Wildman–Crippen LogP) is 5.08. The number of rotatable bonds is 6. The second kappa shape index (κ2) is 8.51. The van der Waals surface area contributed by atoms with Crippen molar-refractivity contribution in [1.82, 2.24) is 14.7 Å². The van der Waals surface area contributed by atoms with Crippen molar-refractivity contribution in [3.05, 3.63) is 0 Å². The van der Waals surface area contributed by atoms with Crippen LogP contribution >= 0.6 is 0 Å². The quantitative estimate of drug-likeness (QED) is 0.668. The summed E-state index contributed by atoms with van der Waals surface area (Å²) in [5.74, 6) is 1.85. The lowest BCUT2D eigenvalue weighted by molar-refractivity contribution is -0.236. The van der Waals surface area contributed by atoms with Crippen LogP contribution in [-0.4, -0.2) is 51.3 Å². The molecule has 0 aliphatic carbocycles. The first-order chi connectivity index (χ1) is 10.9. The molecule has 0 amide bonds. The Balaban J connectivity index is 3.58. The maximum Gasteiger partial charge on any atom is 0.0677 e. The predicted molar refractivity (Wildman–Crippen MR) is 107 cm³/mol. The van der Waals surface area contributed by atoms with E-state index < -0.39 is 0 Å². The van der Waals surface area contributed by atoms with Crippen molar-refractivity contribution in [3.8, 4) is 0 Å². The van der Waals surface area contributed by atoms with Gasteiger partial charge in [-0.25, -0.2) is 0 Å². The van der Waals surface area contributed by atoms with Crippen molar-refractivity contribution < 1.29 is 0 Å². The Morgan fingerprint density at radius 3 is 0.625 bits per heavy atom. The van der Waals surface area contributed by atoms with E-state index in [2.05, 4.69) is 97.8 Å². The fraction of sp³-hybridized carbons (Fsp3) is 1.00. The Morgan fingerprint density at radius 2 is 0.542 bits per heavy atom. The molecule has 3 nitrogen and oxygen atoms in total. The van der Waals surface area contributed by atoms with Gasteiger partial charge in [-0.3, -0.25) is 14.7 Å². The van der Waals surface area contributed by atoms with Gasteiger partial charge in [0.1, 0.15) is 0 Å². The fourth-order valence-corrected chi connectivity index (χ4v) is 4.83. The van der Waals surface area contributed by atoms with Crippen LogP contribution in [0.5, 0.6) is 0 Å². The van der Waals surface area contributed by atoms with E-state index in [9.17, 15) is 0 Å². The third-order valence-corrected chi connectivity index (χ3v) is 5.41. The average Bonchev–Trinajstić information content (AvgIpc) is 2.42. The highest BCUT2D eigenvalue weighted by atomic mass is 15.6. The van der Waals surface area contributed by atoms with Gasteiger partial charge in [-0.2, -0.15) is 0 Å². The minimum Gasteiger partial charge on any atom is -0.269 e. The molecule has 0 aromatic heterocycles. The van der Waals surface area contributed by atoms with Gasteiger partial charge in [-0.15, -0.1) is 0 Å². The van der Waals surface area contributed by atoms with Crippen LogP contribution in [0.2, 0.25) is 0 Å². The van der Waals surface area contributed by atoms with Gasteiger partial charge in [-0.05, 0) is 59.3 Å². The summed E-state index contributed by atoms with van der Waals surface area (Å²) in [6.07, 6.45) is 1.50. The first-order valence-corrected chi connectivity index (χ1v) is 10.3. The van der Waals surface area contributed by atoms with Crippen molar-refractivity contribution in [2.24, 2.45) is 17.8 Å². The van der Waals surface area contributed by atoms with Crippen LogP contribution < -0.4 is 0 Å². The van der Waals surface area contributed by atoms with E-state index in [1.807, 2.05) is 0 Å². The third-order valence-electron chi connectivity index (χ3n) is 5.41. The first kappa shape index (κ1) is 21.9. The van der Waals surface area contributed by atoms with Gasteiger partial charge in [0.25, 0.3) is 0 Å². The summed E-state index contributed by atoms with van der Waals surface area (Å²) in [5.41, 5.74) is 0. The lowest BCUT2D eigenvalue weighted by Gasteiger charge is -2.64. The van der Waals surface area contributed by atoms with Crippen LogP contribution in [0.3, 0.4) is 0 Å². The molecule has 0 spiro atoms. The molecule has 0 bridgehead atoms. The SMILES string of the molecule is CC(C)C1N(C(C)C)C(C(C)C)N(C(C)C)C(C(C)C)N1C(C)C. The summed E-state index contributed by atoms with van der Waals surface area (Å²) in [4.78, 5) is 8.40. The molecule has 0 unspecified atom stereocenters. The molecule has 1 saturated heterocycles. The molecular formula is C21H45N3. The smallest absolute Gasteiger partial charge is 0.0677 e. The zero-order chi connectivity index (χ0) is 18.9. The highest BCUT2D eigenvalue weighted by Crippen LogP contribution is 2.39. The molecule has 0 radical (unpaired) electrons. The first-order valence-electron chi connectivity index (χ1n) is 10.3. The van der Waals surface area contributed by atoms with Crippen molar-refractivity contribution in [2.75, 3.05) is 0 Å². The van der Waals surface area contributed by atoms with Crippen molar-refractivity contribution in [3.63, 3.8) is 0 Å². The van der Waals surface area contributed by atoms with Crippen molar-refractivity contribution in [1.29, 1.82) is 0 Å². The van der Waals surface area contributed by atoms with Crippen LogP contribution in [0.25, 0.3) is 0 Å². The second-order valence-electron chi connectivity index (χ2n) is 9.60. The molecule has 144 valence electrons. The largest absolute Gasteiger partial charge is 0.269 e. The lowest BCUT2D eigenvalue weighted by Crippen LogP contribution is -2.77. The number of hydrogen-bond donors (Lipinski definition) is 0. The molecule has 1 aliphatic rings. The Bertz CT molecular complexity index is 268. The monoisotopic (exact) mass is 339 g/mol. The molecule has 0 aromatic carbocycles. The molecule has 0 saturated carbocycles. The van der Waals surface area contributed by atoms with Crippen LogP contribution in [0, 0.1) is 17.8 Å². The maximum atomic E-state index is 2.80. The minimum atomic E-state index is 0.500. The van der Waals surface area contributed by atoms with Gasteiger partial charge < -0.3 is 0 Å². The van der Waals surface area contributed by atoms with Gasteiger partial charge in [0.05, 0.1) is 18.5 Å². The van der Waals surface area contributed by atoms with Crippen LogP contribution in [0.4, 0.5) is 0 Å². The van der Waals surface area contributed by atoms with E-state index in [1.54, 1.807) is 0 Å². The molecule has 1 aliphatic heterocycles. The summed E-state index contributed by atoms with van der Waals surface area (Å²) in [6, 6.07) is 1.63. The Hall–Kier alpha value is -0.120. The third kappa shape index (κ3) is 4.16. The van der Waals surface area contributed by atoms with Crippen molar-refractivity contribution in [2.45, 2.75) is 120 Å². The molecule has 1 fully saturated rings. The summed E-state index contributed by atoms with van der Waals surface area (Å²) < 4.78 is 0. The van der Waals surface area contributed by atoms with Crippen LogP contribution in [0.1, 0.15) is 83.1 Å². The Kier molecular flexibility index (Phi) is 7.77. The van der Waals surface area contributed by atoms with E-state index in [-0.39, 0.29) is 0 Å².